The molecule has 0 radical (unpaired) electrons. The molecule has 7 heteroatoms. The van der Waals surface area contributed by atoms with Gasteiger partial charge in [0.2, 0.25) is 0 Å². The number of fused-ring (bicyclic) bond motifs is 1. The van der Waals surface area contributed by atoms with Crippen LogP contribution in [0, 0.1) is 0 Å². The summed E-state index contributed by atoms with van der Waals surface area (Å²) in [6.45, 7) is -0.148. The zero-order valence-corrected chi connectivity index (χ0v) is 10.7. The summed E-state index contributed by atoms with van der Waals surface area (Å²) in [7, 11) is 1.56. The minimum Gasteiger partial charge on any atom is -0.472 e. The third-order valence-corrected chi connectivity index (χ3v) is 3.02. The van der Waals surface area contributed by atoms with Crippen molar-refractivity contribution in [1.29, 1.82) is 0 Å². The molecule has 0 amide bonds. The molecule has 0 unspecified atom stereocenters. The molecule has 0 spiro atoms. The van der Waals surface area contributed by atoms with Crippen molar-refractivity contribution in [1.82, 2.24) is 19.1 Å². The lowest BCUT2D eigenvalue weighted by Gasteiger charge is -2.09. The van der Waals surface area contributed by atoms with Crippen molar-refractivity contribution in [3.05, 3.63) is 57.5 Å². The average Bonchev–Trinajstić information content (AvgIpc) is 2.96. The quantitative estimate of drug-likeness (QED) is 0.751. The zero-order chi connectivity index (χ0) is 14.1. The minimum absolute atomic E-state index is 0.148. The maximum absolute atomic E-state index is 12.2. The molecule has 102 valence electrons. The van der Waals surface area contributed by atoms with Crippen LogP contribution in [0.4, 0.5) is 0 Å². The SMILES string of the molecule is Cn1c(=O)n(COc2ccccc2)c(=O)c2[nH]cnc21. The molecule has 2 heterocycles. The molecule has 0 saturated carbocycles. The number of imidazole rings is 1. The van der Waals surface area contributed by atoms with E-state index in [0.717, 1.165) is 4.57 Å². The third kappa shape index (κ3) is 1.89. The van der Waals surface area contributed by atoms with E-state index in [0.29, 0.717) is 11.4 Å². The van der Waals surface area contributed by atoms with Gasteiger partial charge in [-0.3, -0.25) is 9.36 Å². The van der Waals surface area contributed by atoms with Crippen molar-refractivity contribution >= 4 is 11.2 Å². The van der Waals surface area contributed by atoms with Crippen LogP contribution >= 0.6 is 0 Å². The lowest BCUT2D eigenvalue weighted by atomic mass is 10.3. The second-order valence-corrected chi connectivity index (χ2v) is 4.26. The Hall–Kier alpha value is -2.83. The molecule has 0 bridgehead atoms. The average molecular weight is 272 g/mol. The molecule has 3 rings (SSSR count). The molecule has 0 fully saturated rings. The van der Waals surface area contributed by atoms with E-state index in [1.54, 1.807) is 19.2 Å². The summed E-state index contributed by atoms with van der Waals surface area (Å²) in [6, 6.07) is 8.99. The number of nitrogens with one attached hydrogen (secondary N) is 1. The number of H-pyrrole nitrogens is 1. The van der Waals surface area contributed by atoms with E-state index in [-0.39, 0.29) is 12.2 Å². The summed E-state index contributed by atoms with van der Waals surface area (Å²) in [5, 5.41) is 0. The van der Waals surface area contributed by atoms with Gasteiger partial charge in [-0.05, 0) is 12.1 Å². The summed E-state index contributed by atoms with van der Waals surface area (Å²) in [6.07, 6.45) is 1.38. The first-order valence-corrected chi connectivity index (χ1v) is 5.99. The van der Waals surface area contributed by atoms with Gasteiger partial charge in [-0.1, -0.05) is 18.2 Å². The van der Waals surface area contributed by atoms with Gasteiger partial charge in [0.05, 0.1) is 6.33 Å². The van der Waals surface area contributed by atoms with Crippen molar-refractivity contribution in [2.45, 2.75) is 6.73 Å². The lowest BCUT2D eigenvalue weighted by Crippen LogP contribution is -2.40. The molecular weight excluding hydrogens is 260 g/mol. The Morgan fingerprint density at radius 2 is 2.00 bits per heavy atom. The van der Waals surface area contributed by atoms with Gasteiger partial charge in [0.25, 0.3) is 5.56 Å². The molecule has 1 N–H and O–H groups in total. The molecule has 0 saturated heterocycles. The van der Waals surface area contributed by atoms with Crippen LogP contribution in [-0.4, -0.2) is 19.1 Å². The number of hydrogen-bond acceptors (Lipinski definition) is 4. The highest BCUT2D eigenvalue weighted by atomic mass is 16.5. The Balaban J connectivity index is 2.04. The van der Waals surface area contributed by atoms with Gasteiger partial charge in [0, 0.05) is 7.05 Å². The number of para-hydroxylation sites is 1. The van der Waals surface area contributed by atoms with Crippen LogP contribution in [0.5, 0.6) is 5.75 Å². The Kier molecular flexibility index (Phi) is 2.86. The smallest absolute Gasteiger partial charge is 0.335 e. The van der Waals surface area contributed by atoms with E-state index in [4.69, 9.17) is 4.74 Å². The summed E-state index contributed by atoms with van der Waals surface area (Å²) in [5.41, 5.74) is -0.304. The third-order valence-electron chi connectivity index (χ3n) is 3.02. The highest BCUT2D eigenvalue weighted by Gasteiger charge is 2.12. The van der Waals surface area contributed by atoms with Crippen LogP contribution in [0.25, 0.3) is 11.2 Å². The van der Waals surface area contributed by atoms with Crippen molar-refractivity contribution in [2.75, 3.05) is 0 Å². The summed E-state index contributed by atoms with van der Waals surface area (Å²) in [5.74, 6) is 0.589. The molecule has 1 aromatic carbocycles. The van der Waals surface area contributed by atoms with Crippen molar-refractivity contribution in [2.24, 2.45) is 7.05 Å². The van der Waals surface area contributed by atoms with Gasteiger partial charge in [0.1, 0.15) is 11.3 Å². The van der Waals surface area contributed by atoms with Gasteiger partial charge in [0.15, 0.2) is 12.4 Å². The molecule has 0 atom stereocenters. The van der Waals surface area contributed by atoms with Gasteiger partial charge in [-0.2, -0.15) is 0 Å². The topological polar surface area (TPSA) is 81.9 Å². The Morgan fingerprint density at radius 1 is 1.25 bits per heavy atom. The minimum atomic E-state index is -0.467. The van der Waals surface area contributed by atoms with E-state index in [9.17, 15) is 9.59 Å². The van der Waals surface area contributed by atoms with Crippen LogP contribution in [0.1, 0.15) is 0 Å². The summed E-state index contributed by atoms with van der Waals surface area (Å²) >= 11 is 0. The fourth-order valence-corrected chi connectivity index (χ4v) is 1.96. The van der Waals surface area contributed by atoms with E-state index in [2.05, 4.69) is 9.97 Å². The van der Waals surface area contributed by atoms with Crippen LogP contribution in [0.2, 0.25) is 0 Å². The number of benzene rings is 1. The van der Waals surface area contributed by atoms with Crippen molar-refractivity contribution in [3.8, 4) is 5.75 Å². The largest absolute Gasteiger partial charge is 0.472 e. The normalized spacial score (nSPS) is 10.8. The number of aromatic nitrogens is 4. The molecule has 2 aromatic heterocycles. The van der Waals surface area contributed by atoms with Crippen LogP contribution in [-0.2, 0) is 13.8 Å². The zero-order valence-electron chi connectivity index (χ0n) is 10.7. The van der Waals surface area contributed by atoms with E-state index in [1.807, 2.05) is 18.2 Å². The fourth-order valence-electron chi connectivity index (χ4n) is 1.96. The Labute approximate surface area is 113 Å². The second kappa shape index (κ2) is 4.69. The number of ether oxygens (including phenoxy) is 1. The van der Waals surface area contributed by atoms with E-state index in [1.165, 1.54) is 10.9 Å². The van der Waals surface area contributed by atoms with E-state index < -0.39 is 11.2 Å². The Bertz CT molecular complexity index is 861. The van der Waals surface area contributed by atoms with Gasteiger partial charge in [-0.15, -0.1) is 0 Å². The monoisotopic (exact) mass is 272 g/mol. The number of aryl methyl sites for hydroxylation is 1. The second-order valence-electron chi connectivity index (χ2n) is 4.26. The van der Waals surface area contributed by atoms with E-state index >= 15 is 0 Å². The lowest BCUT2D eigenvalue weighted by molar-refractivity contribution is 0.225. The van der Waals surface area contributed by atoms with Gasteiger partial charge < -0.3 is 9.72 Å². The molecule has 0 aliphatic carbocycles. The number of rotatable bonds is 3. The standard InChI is InChI=1S/C13H12N4O3/c1-16-11-10(14-7-15-11)12(18)17(13(16)19)8-20-9-5-3-2-4-6-9/h2-7H,8H2,1H3,(H,14,15). The summed E-state index contributed by atoms with van der Waals surface area (Å²) in [4.78, 5) is 31.0. The van der Waals surface area contributed by atoms with Crippen LogP contribution < -0.4 is 16.0 Å². The first kappa shape index (κ1) is 12.2. The maximum Gasteiger partial charge on any atom is 0.335 e. The molecule has 0 aliphatic rings. The molecule has 3 aromatic rings. The van der Waals surface area contributed by atoms with Gasteiger partial charge in [-0.25, -0.2) is 14.3 Å². The predicted molar refractivity (Wildman–Crippen MR) is 72.7 cm³/mol. The summed E-state index contributed by atoms with van der Waals surface area (Å²) < 4.78 is 7.78. The number of nitrogens with zero attached hydrogens (tertiary/aromatic N) is 3. The van der Waals surface area contributed by atoms with Gasteiger partial charge >= 0.3 is 5.69 Å². The molecule has 7 nitrogen and oxygen atoms in total. The molecule has 20 heavy (non-hydrogen) atoms. The van der Waals surface area contributed by atoms with Crippen LogP contribution in [0.3, 0.4) is 0 Å². The molecule has 0 aliphatic heterocycles. The number of hydrogen-bond donors (Lipinski definition) is 1. The maximum atomic E-state index is 12.2. The Morgan fingerprint density at radius 3 is 2.75 bits per heavy atom. The molecular formula is C13H12N4O3. The van der Waals surface area contributed by atoms with Crippen LogP contribution in [0.15, 0.2) is 46.2 Å². The predicted octanol–water partition coefficient (Wildman–Crippen LogP) is 0.460. The highest BCUT2D eigenvalue weighted by Crippen LogP contribution is 2.08. The number of aromatic amines is 1. The first-order chi connectivity index (χ1) is 9.68. The fraction of sp³-hybridized carbons (Fsp3) is 0.154. The van der Waals surface area contributed by atoms with Crippen molar-refractivity contribution in [3.63, 3.8) is 0 Å². The highest BCUT2D eigenvalue weighted by molar-refractivity contribution is 5.68. The first-order valence-electron chi connectivity index (χ1n) is 5.99. The van der Waals surface area contributed by atoms with Crippen molar-refractivity contribution < 1.29 is 4.74 Å².